The van der Waals surface area contributed by atoms with Gasteiger partial charge in [-0.2, -0.15) is 0 Å². The van der Waals surface area contributed by atoms with Crippen LogP contribution in [0.15, 0.2) is 24.3 Å². The Bertz CT molecular complexity index is 458. The number of ether oxygens (including phenoxy) is 1. The number of hydrogen-bond acceptors (Lipinski definition) is 4. The normalized spacial score (nSPS) is 19.1. The van der Waals surface area contributed by atoms with Crippen LogP contribution in [0.25, 0.3) is 0 Å². The van der Waals surface area contributed by atoms with E-state index in [0.29, 0.717) is 6.54 Å². The van der Waals surface area contributed by atoms with Crippen LogP contribution in [0.3, 0.4) is 0 Å². The highest BCUT2D eigenvalue weighted by Crippen LogP contribution is 2.15. The fraction of sp³-hybridized carbons (Fsp3) is 0.333. The zero-order valence-electron chi connectivity index (χ0n) is 9.96. The number of aryl methyl sites for hydroxylation is 1. The molecule has 1 fully saturated rings. The van der Waals surface area contributed by atoms with Crippen LogP contribution in [0, 0.1) is 6.92 Å². The van der Waals surface area contributed by atoms with E-state index in [4.69, 9.17) is 10.6 Å². The van der Waals surface area contributed by atoms with Crippen LogP contribution in [0.5, 0.6) is 0 Å². The van der Waals surface area contributed by atoms with Gasteiger partial charge in [0.05, 0.1) is 6.54 Å². The van der Waals surface area contributed by atoms with Crippen LogP contribution >= 0.6 is 0 Å². The van der Waals surface area contributed by atoms with Gasteiger partial charge in [-0.25, -0.2) is 9.86 Å². The number of benzene rings is 1. The van der Waals surface area contributed by atoms with Crippen LogP contribution in [0.1, 0.15) is 11.1 Å². The quantitative estimate of drug-likeness (QED) is 0.857. The number of amides is 2. The fourth-order valence-corrected chi connectivity index (χ4v) is 1.66. The Morgan fingerprint density at radius 1 is 1.50 bits per heavy atom. The van der Waals surface area contributed by atoms with Crippen molar-refractivity contribution in [3.8, 4) is 0 Å². The Hall–Kier alpha value is -2.08. The number of primary amides is 1. The lowest BCUT2D eigenvalue weighted by atomic mass is 10.1. The van der Waals surface area contributed by atoms with Crippen LogP contribution in [0.4, 0.5) is 4.79 Å². The first-order chi connectivity index (χ1) is 8.56. The summed E-state index contributed by atoms with van der Waals surface area (Å²) >= 11 is 0. The van der Waals surface area contributed by atoms with E-state index < -0.39 is 18.1 Å². The van der Waals surface area contributed by atoms with Crippen molar-refractivity contribution in [1.29, 1.82) is 0 Å². The highest BCUT2D eigenvalue weighted by Gasteiger charge is 2.35. The second kappa shape index (κ2) is 5.05. The summed E-state index contributed by atoms with van der Waals surface area (Å²) < 4.78 is 4.63. The summed E-state index contributed by atoms with van der Waals surface area (Å²) in [6, 6.07) is 7.73. The van der Waals surface area contributed by atoms with Gasteiger partial charge in [0.1, 0.15) is 6.61 Å². The summed E-state index contributed by atoms with van der Waals surface area (Å²) in [5.41, 5.74) is 6.94. The SMILES string of the molecule is Cc1ccc(CN2OC[C@@H](OC(N)=O)C2=O)cc1. The minimum atomic E-state index is -0.978. The molecule has 0 bridgehead atoms. The van der Waals surface area contributed by atoms with E-state index in [0.717, 1.165) is 11.1 Å². The van der Waals surface area contributed by atoms with Crippen molar-refractivity contribution < 1.29 is 19.2 Å². The second-order valence-corrected chi connectivity index (χ2v) is 4.08. The molecule has 1 aromatic rings. The van der Waals surface area contributed by atoms with E-state index in [1.807, 2.05) is 31.2 Å². The van der Waals surface area contributed by atoms with Crippen molar-refractivity contribution in [3.05, 3.63) is 35.4 Å². The lowest BCUT2D eigenvalue weighted by molar-refractivity contribution is -0.165. The third-order valence-corrected chi connectivity index (χ3v) is 2.61. The summed E-state index contributed by atoms with van der Waals surface area (Å²) in [5.74, 6) is -0.394. The van der Waals surface area contributed by atoms with Crippen molar-refractivity contribution in [3.63, 3.8) is 0 Å². The molecule has 1 heterocycles. The number of hydroxylamine groups is 2. The van der Waals surface area contributed by atoms with Crippen molar-refractivity contribution >= 4 is 12.0 Å². The topological polar surface area (TPSA) is 81.9 Å². The Balaban J connectivity index is 1.97. The minimum Gasteiger partial charge on any atom is -0.434 e. The lowest BCUT2D eigenvalue weighted by Crippen LogP contribution is -2.33. The molecule has 6 heteroatoms. The molecule has 0 aliphatic carbocycles. The molecular weight excluding hydrogens is 236 g/mol. The average molecular weight is 250 g/mol. The standard InChI is InChI=1S/C12H14N2O4/c1-8-2-4-9(5-3-8)6-14-11(15)10(7-17-14)18-12(13)16/h2-5,10H,6-7H2,1H3,(H2,13,16)/t10-/m1/s1. The van der Waals surface area contributed by atoms with E-state index in [1.54, 1.807) is 0 Å². The van der Waals surface area contributed by atoms with E-state index >= 15 is 0 Å². The van der Waals surface area contributed by atoms with E-state index in [9.17, 15) is 9.59 Å². The summed E-state index contributed by atoms with van der Waals surface area (Å²) in [6.07, 6.45) is -1.91. The molecular formula is C12H14N2O4. The van der Waals surface area contributed by atoms with Gasteiger partial charge in [-0.1, -0.05) is 29.8 Å². The molecule has 1 atom stereocenters. The summed E-state index contributed by atoms with van der Waals surface area (Å²) in [4.78, 5) is 27.5. The Kier molecular flexibility index (Phi) is 3.47. The highest BCUT2D eigenvalue weighted by atomic mass is 16.7. The summed E-state index contributed by atoms with van der Waals surface area (Å²) in [6.45, 7) is 2.31. The largest absolute Gasteiger partial charge is 0.434 e. The maximum absolute atomic E-state index is 11.8. The molecule has 1 aliphatic heterocycles. The molecule has 1 aliphatic rings. The highest BCUT2D eigenvalue weighted by molar-refractivity contribution is 5.83. The molecule has 96 valence electrons. The number of carbonyl (C=O) groups excluding carboxylic acids is 2. The van der Waals surface area contributed by atoms with Gasteiger partial charge in [0.15, 0.2) is 0 Å². The van der Waals surface area contributed by atoms with Crippen molar-refractivity contribution in [2.75, 3.05) is 6.61 Å². The van der Waals surface area contributed by atoms with Crippen molar-refractivity contribution in [2.45, 2.75) is 19.6 Å². The van der Waals surface area contributed by atoms with Gasteiger partial charge in [0.25, 0.3) is 5.91 Å². The number of nitrogens with two attached hydrogens (primary N) is 1. The first-order valence-corrected chi connectivity index (χ1v) is 5.52. The molecule has 2 N–H and O–H groups in total. The van der Waals surface area contributed by atoms with Gasteiger partial charge in [-0.15, -0.1) is 0 Å². The van der Waals surface area contributed by atoms with Crippen molar-refractivity contribution in [1.82, 2.24) is 5.06 Å². The van der Waals surface area contributed by atoms with Gasteiger partial charge in [-0.3, -0.25) is 9.63 Å². The molecule has 2 amide bonds. The lowest BCUT2D eigenvalue weighted by Gasteiger charge is -2.14. The third kappa shape index (κ3) is 2.78. The van der Waals surface area contributed by atoms with Gasteiger partial charge in [0, 0.05) is 0 Å². The number of rotatable bonds is 3. The van der Waals surface area contributed by atoms with Gasteiger partial charge >= 0.3 is 6.09 Å². The fourth-order valence-electron chi connectivity index (χ4n) is 1.66. The Labute approximate surface area is 104 Å². The number of carbonyl (C=O) groups is 2. The number of nitrogens with zero attached hydrogens (tertiary/aromatic N) is 1. The summed E-state index contributed by atoms with van der Waals surface area (Å²) in [5, 5.41) is 1.18. The molecule has 0 aromatic heterocycles. The molecule has 1 aromatic carbocycles. The van der Waals surface area contributed by atoms with Gasteiger partial charge < -0.3 is 10.5 Å². The van der Waals surface area contributed by atoms with Crippen LogP contribution < -0.4 is 5.73 Å². The summed E-state index contributed by atoms with van der Waals surface area (Å²) in [7, 11) is 0. The van der Waals surface area contributed by atoms with Gasteiger partial charge in [-0.05, 0) is 12.5 Å². The van der Waals surface area contributed by atoms with Crippen LogP contribution in [-0.4, -0.2) is 29.8 Å². The predicted molar refractivity (Wildman–Crippen MR) is 62.1 cm³/mol. The molecule has 0 unspecified atom stereocenters. The van der Waals surface area contributed by atoms with Crippen molar-refractivity contribution in [2.24, 2.45) is 5.73 Å². The number of hydrogen-bond donors (Lipinski definition) is 1. The predicted octanol–water partition coefficient (Wildman–Crippen LogP) is 0.733. The smallest absolute Gasteiger partial charge is 0.405 e. The molecule has 18 heavy (non-hydrogen) atoms. The molecule has 0 radical (unpaired) electrons. The second-order valence-electron chi connectivity index (χ2n) is 4.08. The Morgan fingerprint density at radius 2 is 2.17 bits per heavy atom. The van der Waals surface area contributed by atoms with E-state index in [1.165, 1.54) is 5.06 Å². The van der Waals surface area contributed by atoms with E-state index in [2.05, 4.69) is 4.74 Å². The minimum absolute atomic E-state index is 0.00757. The maximum atomic E-state index is 11.8. The molecule has 0 saturated carbocycles. The first kappa shape index (κ1) is 12.4. The zero-order valence-corrected chi connectivity index (χ0v) is 9.96. The third-order valence-electron chi connectivity index (χ3n) is 2.61. The monoisotopic (exact) mass is 250 g/mol. The molecule has 6 nitrogen and oxygen atoms in total. The Morgan fingerprint density at radius 3 is 2.78 bits per heavy atom. The maximum Gasteiger partial charge on any atom is 0.405 e. The molecule has 2 rings (SSSR count). The van der Waals surface area contributed by atoms with Crippen LogP contribution in [0.2, 0.25) is 0 Å². The molecule has 1 saturated heterocycles. The van der Waals surface area contributed by atoms with Gasteiger partial charge in [0.2, 0.25) is 6.10 Å². The van der Waals surface area contributed by atoms with Crippen LogP contribution in [-0.2, 0) is 20.9 Å². The van der Waals surface area contributed by atoms with E-state index in [-0.39, 0.29) is 6.61 Å². The molecule has 0 spiro atoms. The average Bonchev–Trinajstić information content (AvgIpc) is 2.64. The first-order valence-electron chi connectivity index (χ1n) is 5.52. The zero-order chi connectivity index (χ0) is 13.1.